The van der Waals surface area contributed by atoms with Gasteiger partial charge in [0, 0.05) is 51.9 Å². The molecule has 0 aromatic heterocycles. The Kier molecular flexibility index (Phi) is 12.9. The van der Waals surface area contributed by atoms with Crippen molar-refractivity contribution >= 4 is 6.03 Å². The lowest BCUT2D eigenvalue weighted by atomic mass is 9.84. The van der Waals surface area contributed by atoms with Gasteiger partial charge in [0.2, 0.25) is 0 Å². The summed E-state index contributed by atoms with van der Waals surface area (Å²) < 4.78 is 11.6. The van der Waals surface area contributed by atoms with Crippen molar-refractivity contribution in [3.05, 3.63) is 35.9 Å². The molecule has 0 radical (unpaired) electrons. The SMILES string of the molecule is CCCNC[C@H](CC1CCCCC1)NC(=O)N1CCC[C@@H]([C@@H](OCCCOC)c2ccccc2)C1. The van der Waals surface area contributed by atoms with Gasteiger partial charge in [-0.2, -0.15) is 0 Å². The van der Waals surface area contributed by atoms with Gasteiger partial charge in [-0.25, -0.2) is 4.79 Å². The summed E-state index contributed by atoms with van der Waals surface area (Å²) in [5, 5.41) is 6.97. The minimum atomic E-state index is 0.00733. The molecular weight excluding hydrogens is 438 g/mol. The topological polar surface area (TPSA) is 62.8 Å². The molecule has 1 heterocycles. The number of ether oxygens (including phenoxy) is 2. The zero-order chi connectivity index (χ0) is 24.7. The Labute approximate surface area is 213 Å². The molecule has 1 saturated carbocycles. The number of nitrogens with one attached hydrogen (secondary N) is 2. The van der Waals surface area contributed by atoms with E-state index in [2.05, 4.69) is 41.8 Å². The summed E-state index contributed by atoms with van der Waals surface area (Å²) in [6.45, 7) is 7.00. The Hall–Kier alpha value is -1.63. The first-order valence-corrected chi connectivity index (χ1v) is 14.1. The average Bonchev–Trinajstić information content (AvgIpc) is 2.90. The van der Waals surface area contributed by atoms with Crippen LogP contribution in [0.15, 0.2) is 30.3 Å². The lowest BCUT2D eigenvalue weighted by molar-refractivity contribution is -0.0168. The van der Waals surface area contributed by atoms with Crippen molar-refractivity contribution in [2.75, 3.05) is 46.5 Å². The highest BCUT2D eigenvalue weighted by atomic mass is 16.5. The summed E-state index contributed by atoms with van der Waals surface area (Å²) in [6.07, 6.45) is 11.9. The lowest BCUT2D eigenvalue weighted by Gasteiger charge is -2.38. The number of rotatable bonds is 14. The van der Waals surface area contributed by atoms with E-state index in [0.717, 1.165) is 64.2 Å². The fraction of sp³-hybridized carbons (Fsp3) is 0.759. The number of methoxy groups -OCH3 is 1. The van der Waals surface area contributed by atoms with Gasteiger partial charge in [-0.15, -0.1) is 0 Å². The van der Waals surface area contributed by atoms with Gasteiger partial charge < -0.3 is 25.0 Å². The third kappa shape index (κ3) is 9.74. The number of amides is 2. The summed E-state index contributed by atoms with van der Waals surface area (Å²) >= 11 is 0. The molecule has 3 rings (SSSR count). The van der Waals surface area contributed by atoms with Crippen molar-refractivity contribution in [1.29, 1.82) is 0 Å². The zero-order valence-electron chi connectivity index (χ0n) is 22.2. The molecule has 0 unspecified atom stereocenters. The van der Waals surface area contributed by atoms with Crippen LogP contribution in [0.3, 0.4) is 0 Å². The van der Waals surface area contributed by atoms with Crippen molar-refractivity contribution in [2.45, 2.75) is 83.3 Å². The van der Waals surface area contributed by atoms with Crippen LogP contribution in [0.5, 0.6) is 0 Å². The predicted molar refractivity (Wildman–Crippen MR) is 143 cm³/mol. The molecule has 0 bridgehead atoms. The molecule has 35 heavy (non-hydrogen) atoms. The maximum Gasteiger partial charge on any atom is 0.317 e. The van der Waals surface area contributed by atoms with E-state index in [-0.39, 0.29) is 18.2 Å². The molecular formula is C29H49N3O3. The van der Waals surface area contributed by atoms with Gasteiger partial charge in [0.1, 0.15) is 0 Å². The summed E-state index contributed by atoms with van der Waals surface area (Å²) in [7, 11) is 1.73. The second-order valence-corrected chi connectivity index (χ2v) is 10.5. The largest absolute Gasteiger partial charge is 0.385 e. The molecule has 6 heteroatoms. The van der Waals surface area contributed by atoms with Gasteiger partial charge in [0.25, 0.3) is 0 Å². The van der Waals surface area contributed by atoms with Gasteiger partial charge in [0.15, 0.2) is 0 Å². The van der Waals surface area contributed by atoms with Gasteiger partial charge >= 0.3 is 6.03 Å². The second kappa shape index (κ2) is 16.2. The standard InChI is InChI=1S/C29H49N3O3/c1-3-17-30-22-27(21-24-12-6-4-7-13-24)31-29(33)32-18-10-16-26(23-32)28(35-20-11-19-34-2)25-14-8-5-9-15-25/h5,8-9,14-15,24,26-28,30H,3-4,6-7,10-13,16-23H2,1-2H3,(H,31,33)/t26-,27+,28+/m1/s1. The fourth-order valence-corrected chi connectivity index (χ4v) is 5.74. The first-order valence-electron chi connectivity index (χ1n) is 14.1. The molecule has 2 amide bonds. The number of carbonyl (C=O) groups is 1. The molecule has 198 valence electrons. The number of urea groups is 1. The maximum atomic E-state index is 13.4. The van der Waals surface area contributed by atoms with Crippen LogP contribution in [-0.4, -0.2) is 63.5 Å². The number of benzene rings is 1. The van der Waals surface area contributed by atoms with Crippen LogP contribution in [0.25, 0.3) is 0 Å². The van der Waals surface area contributed by atoms with E-state index in [1.54, 1.807) is 7.11 Å². The maximum absolute atomic E-state index is 13.4. The second-order valence-electron chi connectivity index (χ2n) is 10.5. The van der Waals surface area contributed by atoms with E-state index in [9.17, 15) is 4.79 Å². The molecule has 2 N–H and O–H groups in total. The van der Waals surface area contributed by atoms with Crippen LogP contribution in [0, 0.1) is 11.8 Å². The highest BCUT2D eigenvalue weighted by Gasteiger charge is 2.32. The van der Waals surface area contributed by atoms with Crippen LogP contribution in [0.1, 0.15) is 82.8 Å². The molecule has 2 aliphatic rings. The van der Waals surface area contributed by atoms with Crippen LogP contribution in [0.4, 0.5) is 4.79 Å². The van der Waals surface area contributed by atoms with Crippen molar-refractivity contribution < 1.29 is 14.3 Å². The third-order valence-electron chi connectivity index (χ3n) is 7.58. The van der Waals surface area contributed by atoms with E-state index in [0.29, 0.717) is 19.1 Å². The van der Waals surface area contributed by atoms with Crippen LogP contribution in [0.2, 0.25) is 0 Å². The summed E-state index contributed by atoms with van der Waals surface area (Å²) in [6, 6.07) is 10.8. The highest BCUT2D eigenvalue weighted by molar-refractivity contribution is 5.74. The predicted octanol–water partition coefficient (Wildman–Crippen LogP) is 5.54. The van der Waals surface area contributed by atoms with Crippen molar-refractivity contribution in [3.8, 4) is 0 Å². The molecule has 3 atom stereocenters. The smallest absolute Gasteiger partial charge is 0.317 e. The Morgan fingerprint density at radius 2 is 1.89 bits per heavy atom. The molecule has 1 aliphatic heterocycles. The summed E-state index contributed by atoms with van der Waals surface area (Å²) in [5.74, 6) is 1.05. The zero-order valence-corrected chi connectivity index (χ0v) is 22.2. The van der Waals surface area contributed by atoms with E-state index in [1.807, 2.05) is 11.0 Å². The van der Waals surface area contributed by atoms with Gasteiger partial charge in [-0.1, -0.05) is 69.4 Å². The van der Waals surface area contributed by atoms with Crippen LogP contribution >= 0.6 is 0 Å². The molecule has 0 spiro atoms. The Morgan fingerprint density at radius 3 is 2.63 bits per heavy atom. The average molecular weight is 488 g/mol. The van der Waals surface area contributed by atoms with Crippen molar-refractivity contribution in [1.82, 2.24) is 15.5 Å². The van der Waals surface area contributed by atoms with Crippen LogP contribution in [-0.2, 0) is 9.47 Å². The van der Waals surface area contributed by atoms with Crippen LogP contribution < -0.4 is 10.6 Å². The van der Waals surface area contributed by atoms with Gasteiger partial charge in [-0.05, 0) is 50.1 Å². The number of hydrogen-bond acceptors (Lipinski definition) is 4. The number of nitrogens with zero attached hydrogens (tertiary/aromatic N) is 1. The van der Waals surface area contributed by atoms with E-state index in [1.165, 1.54) is 37.7 Å². The van der Waals surface area contributed by atoms with Crippen molar-refractivity contribution in [3.63, 3.8) is 0 Å². The fourth-order valence-electron chi connectivity index (χ4n) is 5.74. The number of likely N-dealkylation sites (tertiary alicyclic amines) is 1. The normalized spacial score (nSPS) is 21.0. The number of carbonyl (C=O) groups excluding carboxylic acids is 1. The quantitative estimate of drug-likeness (QED) is 0.338. The van der Waals surface area contributed by atoms with E-state index >= 15 is 0 Å². The molecule has 1 aliphatic carbocycles. The van der Waals surface area contributed by atoms with E-state index in [4.69, 9.17) is 9.47 Å². The molecule has 2 fully saturated rings. The highest BCUT2D eigenvalue weighted by Crippen LogP contribution is 2.33. The first kappa shape index (κ1) is 27.9. The van der Waals surface area contributed by atoms with Crippen molar-refractivity contribution in [2.24, 2.45) is 11.8 Å². The van der Waals surface area contributed by atoms with Gasteiger partial charge in [0.05, 0.1) is 6.10 Å². The summed E-state index contributed by atoms with van der Waals surface area (Å²) in [4.78, 5) is 15.5. The Morgan fingerprint density at radius 1 is 1.09 bits per heavy atom. The molecule has 1 aromatic rings. The molecule has 1 aromatic carbocycles. The Bertz CT molecular complexity index is 696. The summed E-state index contributed by atoms with van der Waals surface area (Å²) in [5.41, 5.74) is 1.20. The number of hydrogen-bond donors (Lipinski definition) is 2. The lowest BCUT2D eigenvalue weighted by Crippen LogP contribution is -2.52. The first-order chi connectivity index (χ1) is 17.2. The van der Waals surface area contributed by atoms with E-state index < -0.39 is 0 Å². The van der Waals surface area contributed by atoms with Gasteiger partial charge in [-0.3, -0.25) is 0 Å². The Balaban J connectivity index is 1.60. The third-order valence-corrected chi connectivity index (χ3v) is 7.58. The monoisotopic (exact) mass is 487 g/mol. The molecule has 1 saturated heterocycles. The molecule has 6 nitrogen and oxygen atoms in total. The number of piperidine rings is 1. The minimum Gasteiger partial charge on any atom is -0.385 e. The minimum absolute atomic E-state index is 0.00733.